The summed E-state index contributed by atoms with van der Waals surface area (Å²) in [4.78, 5) is 20.0. The van der Waals surface area contributed by atoms with E-state index in [1.165, 1.54) is 10.6 Å². The molecule has 1 N–H and O–H groups in total. The lowest BCUT2D eigenvalue weighted by molar-refractivity contribution is -0.121. The number of hydrogen-bond acceptors (Lipinski definition) is 6. The number of fused-ring (bicyclic) bond motifs is 1. The number of morpholine rings is 1. The topological polar surface area (TPSA) is 66.9 Å². The highest BCUT2D eigenvalue weighted by molar-refractivity contribution is 5.96. The van der Waals surface area contributed by atoms with Gasteiger partial charge in [-0.1, -0.05) is 0 Å². The van der Waals surface area contributed by atoms with E-state index < -0.39 is 0 Å². The van der Waals surface area contributed by atoms with Crippen LogP contribution in [-0.4, -0.2) is 49.8 Å². The van der Waals surface area contributed by atoms with Gasteiger partial charge in [0.1, 0.15) is 0 Å². The second-order valence-electron chi connectivity index (χ2n) is 7.57. The van der Waals surface area contributed by atoms with Gasteiger partial charge in [0.25, 0.3) is 5.91 Å². The van der Waals surface area contributed by atoms with Crippen molar-refractivity contribution in [2.75, 3.05) is 41.9 Å². The van der Waals surface area contributed by atoms with E-state index in [2.05, 4.69) is 54.2 Å². The third-order valence-corrected chi connectivity index (χ3v) is 5.15. The van der Waals surface area contributed by atoms with Crippen molar-refractivity contribution in [2.45, 2.75) is 33.0 Å². The van der Waals surface area contributed by atoms with Gasteiger partial charge in [-0.3, -0.25) is 9.69 Å². The molecule has 2 unspecified atom stereocenters. The van der Waals surface area contributed by atoms with E-state index in [1.54, 1.807) is 13.2 Å². The Labute approximate surface area is 165 Å². The zero-order valence-electron chi connectivity index (χ0n) is 16.7. The van der Waals surface area contributed by atoms with Crippen molar-refractivity contribution in [3.8, 4) is 5.75 Å². The van der Waals surface area contributed by atoms with Gasteiger partial charge in [0.05, 0.1) is 24.1 Å². The van der Waals surface area contributed by atoms with Gasteiger partial charge in [-0.2, -0.15) is 0 Å². The number of benzene rings is 1. The standard InChI is InChI=1S/C21H26N4O3/c1-13-7-17(25-10-14(2)28-15(3)11-25)5-6-18(13)23-16-8-19-21(22-9-16)24(4)20(26)12-27-19/h5-9,14-15,23H,10-12H2,1-4H3. The number of hydrogen-bond donors (Lipinski definition) is 1. The molecule has 1 amide bonds. The number of nitrogens with zero attached hydrogens (tertiary/aromatic N) is 3. The molecule has 0 radical (unpaired) electrons. The summed E-state index contributed by atoms with van der Waals surface area (Å²) in [5.74, 6) is 1.06. The normalized spacial score (nSPS) is 21.9. The fourth-order valence-electron chi connectivity index (χ4n) is 3.75. The third kappa shape index (κ3) is 3.62. The van der Waals surface area contributed by atoms with E-state index in [0.717, 1.165) is 30.0 Å². The SMILES string of the molecule is Cc1cc(N2CC(C)OC(C)C2)ccc1Nc1cnc2c(c1)OCC(=O)N2C. The predicted molar refractivity (Wildman–Crippen MR) is 110 cm³/mol. The lowest BCUT2D eigenvalue weighted by Gasteiger charge is -2.37. The molecule has 0 saturated carbocycles. The lowest BCUT2D eigenvalue weighted by atomic mass is 10.1. The molecule has 0 spiro atoms. The van der Waals surface area contributed by atoms with Crippen LogP contribution in [0.15, 0.2) is 30.5 Å². The molecule has 2 atom stereocenters. The molecule has 0 aliphatic carbocycles. The van der Waals surface area contributed by atoms with Gasteiger partial charge < -0.3 is 19.7 Å². The average molecular weight is 382 g/mol. The number of amides is 1. The Kier molecular flexibility index (Phi) is 4.85. The van der Waals surface area contributed by atoms with Crippen molar-refractivity contribution >= 4 is 28.8 Å². The Hall–Kier alpha value is -2.80. The van der Waals surface area contributed by atoms with Gasteiger partial charge in [0.2, 0.25) is 0 Å². The average Bonchev–Trinajstić information content (AvgIpc) is 2.66. The fraction of sp³-hybridized carbons (Fsp3) is 0.429. The smallest absolute Gasteiger partial charge is 0.265 e. The summed E-state index contributed by atoms with van der Waals surface area (Å²) in [6.45, 7) is 8.15. The van der Waals surface area contributed by atoms with Crippen LogP contribution in [0.2, 0.25) is 0 Å². The Morgan fingerprint density at radius 2 is 1.93 bits per heavy atom. The third-order valence-electron chi connectivity index (χ3n) is 5.15. The van der Waals surface area contributed by atoms with Crippen LogP contribution in [-0.2, 0) is 9.53 Å². The molecule has 28 heavy (non-hydrogen) atoms. The molecule has 2 aliphatic heterocycles. The molecule has 3 heterocycles. The Balaban J connectivity index is 1.52. The van der Waals surface area contributed by atoms with Crippen LogP contribution in [0.1, 0.15) is 19.4 Å². The molecule has 0 bridgehead atoms. The van der Waals surface area contributed by atoms with Crippen LogP contribution in [0.4, 0.5) is 22.9 Å². The van der Waals surface area contributed by atoms with E-state index in [1.807, 2.05) is 6.07 Å². The van der Waals surface area contributed by atoms with Crippen molar-refractivity contribution in [1.82, 2.24) is 4.98 Å². The first-order valence-corrected chi connectivity index (χ1v) is 9.58. The number of aromatic nitrogens is 1. The molecular formula is C21H26N4O3. The molecular weight excluding hydrogens is 356 g/mol. The van der Waals surface area contributed by atoms with E-state index in [9.17, 15) is 4.79 Å². The van der Waals surface area contributed by atoms with Gasteiger partial charge in [-0.25, -0.2) is 4.98 Å². The number of nitrogens with one attached hydrogen (secondary N) is 1. The number of carbonyl (C=O) groups excluding carboxylic acids is 1. The highest BCUT2D eigenvalue weighted by atomic mass is 16.5. The fourth-order valence-corrected chi connectivity index (χ4v) is 3.75. The van der Waals surface area contributed by atoms with E-state index in [-0.39, 0.29) is 24.7 Å². The number of rotatable bonds is 3. The van der Waals surface area contributed by atoms with Gasteiger partial charge in [-0.05, 0) is 44.5 Å². The Morgan fingerprint density at radius 3 is 2.64 bits per heavy atom. The zero-order chi connectivity index (χ0) is 19.8. The maximum absolute atomic E-state index is 11.7. The van der Waals surface area contributed by atoms with E-state index in [4.69, 9.17) is 9.47 Å². The maximum Gasteiger partial charge on any atom is 0.265 e. The summed E-state index contributed by atoms with van der Waals surface area (Å²) < 4.78 is 11.4. The highest BCUT2D eigenvalue weighted by Crippen LogP contribution is 2.33. The number of likely N-dealkylation sites (N-methyl/N-ethyl adjacent to an activating group) is 1. The molecule has 7 nitrogen and oxygen atoms in total. The van der Waals surface area contributed by atoms with Crippen molar-refractivity contribution in [3.63, 3.8) is 0 Å². The van der Waals surface area contributed by atoms with Crippen LogP contribution < -0.4 is 19.9 Å². The van der Waals surface area contributed by atoms with Crippen molar-refractivity contribution in [3.05, 3.63) is 36.0 Å². The molecule has 1 saturated heterocycles. The van der Waals surface area contributed by atoms with Gasteiger partial charge >= 0.3 is 0 Å². The number of pyridine rings is 1. The van der Waals surface area contributed by atoms with Gasteiger partial charge in [-0.15, -0.1) is 0 Å². The number of anilines is 4. The predicted octanol–water partition coefficient (Wildman–Crippen LogP) is 3.10. The molecule has 4 rings (SSSR count). The number of ether oxygens (including phenoxy) is 2. The van der Waals surface area contributed by atoms with Crippen LogP contribution in [0.5, 0.6) is 5.75 Å². The largest absolute Gasteiger partial charge is 0.480 e. The Morgan fingerprint density at radius 1 is 1.18 bits per heavy atom. The van der Waals surface area contributed by atoms with Crippen molar-refractivity contribution in [2.24, 2.45) is 0 Å². The lowest BCUT2D eigenvalue weighted by Crippen LogP contribution is -2.45. The van der Waals surface area contributed by atoms with Crippen LogP contribution in [0.3, 0.4) is 0 Å². The minimum Gasteiger partial charge on any atom is -0.480 e. The molecule has 148 valence electrons. The van der Waals surface area contributed by atoms with Crippen LogP contribution in [0, 0.1) is 6.92 Å². The summed E-state index contributed by atoms with van der Waals surface area (Å²) in [7, 11) is 1.71. The second-order valence-corrected chi connectivity index (χ2v) is 7.57. The first-order valence-electron chi connectivity index (χ1n) is 9.58. The van der Waals surface area contributed by atoms with Gasteiger partial charge in [0, 0.05) is 37.6 Å². The number of aryl methyl sites for hydroxylation is 1. The summed E-state index contributed by atoms with van der Waals surface area (Å²) in [5, 5.41) is 3.41. The van der Waals surface area contributed by atoms with Gasteiger partial charge in [0.15, 0.2) is 18.2 Å². The Bertz CT molecular complexity index is 891. The monoisotopic (exact) mass is 382 g/mol. The molecule has 1 fully saturated rings. The molecule has 7 heteroatoms. The molecule has 2 aromatic rings. The summed E-state index contributed by atoms with van der Waals surface area (Å²) in [6, 6.07) is 8.30. The highest BCUT2D eigenvalue weighted by Gasteiger charge is 2.24. The summed E-state index contributed by atoms with van der Waals surface area (Å²) >= 11 is 0. The quantitative estimate of drug-likeness (QED) is 0.880. The molecule has 1 aromatic heterocycles. The minimum absolute atomic E-state index is 0.0404. The van der Waals surface area contributed by atoms with E-state index >= 15 is 0 Å². The van der Waals surface area contributed by atoms with Crippen LogP contribution >= 0.6 is 0 Å². The first-order chi connectivity index (χ1) is 13.4. The molecule has 2 aliphatic rings. The second kappa shape index (κ2) is 7.31. The minimum atomic E-state index is -0.0982. The van der Waals surface area contributed by atoms with Crippen molar-refractivity contribution in [1.29, 1.82) is 0 Å². The maximum atomic E-state index is 11.7. The summed E-state index contributed by atoms with van der Waals surface area (Å²) in [5.41, 5.74) is 4.19. The molecule has 1 aromatic carbocycles. The van der Waals surface area contributed by atoms with E-state index in [0.29, 0.717) is 11.6 Å². The first kappa shape index (κ1) is 18.6. The van der Waals surface area contributed by atoms with Crippen molar-refractivity contribution < 1.29 is 14.3 Å². The summed E-state index contributed by atoms with van der Waals surface area (Å²) in [6.07, 6.45) is 2.18. The van der Waals surface area contributed by atoms with Crippen LogP contribution in [0.25, 0.3) is 0 Å². The zero-order valence-corrected chi connectivity index (χ0v) is 16.7. The number of carbonyl (C=O) groups is 1.